The summed E-state index contributed by atoms with van der Waals surface area (Å²) in [6, 6.07) is 14.8. The lowest BCUT2D eigenvalue weighted by atomic mass is 9.84. The monoisotopic (exact) mass is 562 g/mol. The minimum absolute atomic E-state index is 0.0161. The summed E-state index contributed by atoms with van der Waals surface area (Å²) in [6.07, 6.45) is 5.88. The standard InChI is InChI=1S/C33H43FN4O3/c1-24(25-9-4-2-5-10-25)35-33(40)30-27(23-38-17-15-37(16-18-38)19-21-41-22-20-39)32(26-11-6-3-7-12-26)36-29-14-8-13-28(34)31(29)30/h3,6-8,11-14,24-25,39H,2,4-5,9-10,15-23H2,1H3,(H,35,40)/t24-/m0/s1. The number of aromatic nitrogens is 1. The van der Waals surface area contributed by atoms with Crippen molar-refractivity contribution in [2.45, 2.75) is 51.6 Å². The van der Waals surface area contributed by atoms with Crippen LogP contribution in [0, 0.1) is 11.7 Å². The number of nitrogens with one attached hydrogen (secondary N) is 1. The molecule has 41 heavy (non-hydrogen) atoms. The Labute approximate surface area is 242 Å². The molecule has 1 saturated heterocycles. The summed E-state index contributed by atoms with van der Waals surface area (Å²) in [6.45, 7) is 7.80. The Morgan fingerprint density at radius 1 is 1.02 bits per heavy atom. The molecule has 220 valence electrons. The molecule has 1 aromatic heterocycles. The first-order valence-corrected chi connectivity index (χ1v) is 15.2. The number of carbonyl (C=O) groups excluding carboxylic acids is 1. The predicted molar refractivity (Wildman–Crippen MR) is 160 cm³/mol. The van der Waals surface area contributed by atoms with Crippen molar-refractivity contribution in [3.63, 3.8) is 0 Å². The number of aliphatic hydroxyl groups is 1. The number of piperazine rings is 1. The fraction of sp³-hybridized carbons (Fsp3) is 0.515. The van der Waals surface area contributed by atoms with Gasteiger partial charge in [-0.2, -0.15) is 0 Å². The second kappa shape index (κ2) is 14.3. The van der Waals surface area contributed by atoms with Gasteiger partial charge in [-0.25, -0.2) is 9.37 Å². The first-order chi connectivity index (χ1) is 20.0. The lowest BCUT2D eigenvalue weighted by Gasteiger charge is -2.35. The van der Waals surface area contributed by atoms with Crippen molar-refractivity contribution in [1.29, 1.82) is 0 Å². The number of carbonyl (C=O) groups is 1. The van der Waals surface area contributed by atoms with Gasteiger partial charge in [0.05, 0.1) is 36.6 Å². The van der Waals surface area contributed by atoms with Gasteiger partial charge < -0.3 is 15.2 Å². The highest BCUT2D eigenvalue weighted by atomic mass is 19.1. The van der Waals surface area contributed by atoms with Crippen molar-refractivity contribution in [1.82, 2.24) is 20.1 Å². The third kappa shape index (κ3) is 7.30. The molecule has 3 aromatic rings. The molecule has 0 spiro atoms. The molecular formula is C33H43FN4O3. The molecule has 0 bridgehead atoms. The predicted octanol–water partition coefficient (Wildman–Crippen LogP) is 4.87. The van der Waals surface area contributed by atoms with E-state index in [1.807, 2.05) is 30.3 Å². The van der Waals surface area contributed by atoms with E-state index in [9.17, 15) is 4.79 Å². The van der Waals surface area contributed by atoms with E-state index in [-0.39, 0.29) is 18.6 Å². The van der Waals surface area contributed by atoms with E-state index in [2.05, 4.69) is 22.0 Å². The summed E-state index contributed by atoms with van der Waals surface area (Å²) in [5, 5.41) is 12.5. The zero-order valence-electron chi connectivity index (χ0n) is 24.2. The molecule has 7 nitrogen and oxygen atoms in total. The van der Waals surface area contributed by atoms with Gasteiger partial charge in [-0.05, 0) is 37.8 Å². The number of halogens is 1. The second-order valence-corrected chi connectivity index (χ2v) is 11.4. The molecule has 1 aliphatic carbocycles. The minimum Gasteiger partial charge on any atom is -0.394 e. The number of ether oxygens (including phenoxy) is 1. The second-order valence-electron chi connectivity index (χ2n) is 11.4. The highest BCUT2D eigenvalue weighted by Crippen LogP contribution is 2.34. The van der Waals surface area contributed by atoms with Crippen LogP contribution in [-0.4, -0.2) is 84.4 Å². The lowest BCUT2D eigenvalue weighted by molar-refractivity contribution is 0.0563. The molecule has 1 saturated carbocycles. The van der Waals surface area contributed by atoms with Crippen molar-refractivity contribution in [3.8, 4) is 11.3 Å². The summed E-state index contributed by atoms with van der Waals surface area (Å²) in [4.78, 5) is 23.8. The maximum atomic E-state index is 15.5. The molecule has 5 rings (SSSR count). The number of amides is 1. The van der Waals surface area contributed by atoms with Crippen molar-refractivity contribution >= 4 is 16.8 Å². The molecule has 2 heterocycles. The molecular weight excluding hydrogens is 519 g/mol. The first-order valence-electron chi connectivity index (χ1n) is 15.2. The van der Waals surface area contributed by atoms with Crippen LogP contribution in [0.5, 0.6) is 0 Å². The Hall–Kier alpha value is -2.91. The number of rotatable bonds is 11. The largest absolute Gasteiger partial charge is 0.394 e. The highest BCUT2D eigenvalue weighted by molar-refractivity contribution is 6.09. The van der Waals surface area contributed by atoms with Crippen LogP contribution in [0.4, 0.5) is 4.39 Å². The summed E-state index contributed by atoms with van der Waals surface area (Å²) in [5.41, 5.74) is 3.34. The van der Waals surface area contributed by atoms with Gasteiger partial charge in [0.2, 0.25) is 0 Å². The molecule has 1 amide bonds. The van der Waals surface area contributed by atoms with E-state index in [1.165, 1.54) is 25.3 Å². The van der Waals surface area contributed by atoms with Gasteiger partial charge in [0.25, 0.3) is 5.91 Å². The van der Waals surface area contributed by atoms with Crippen LogP contribution < -0.4 is 5.32 Å². The average molecular weight is 563 g/mol. The normalized spacial score (nSPS) is 18.0. The van der Waals surface area contributed by atoms with Gasteiger partial charge in [0.15, 0.2) is 0 Å². The average Bonchev–Trinajstić information content (AvgIpc) is 3.01. The minimum atomic E-state index is -0.418. The lowest BCUT2D eigenvalue weighted by Crippen LogP contribution is -2.47. The number of aliphatic hydroxyl groups excluding tert-OH is 1. The Morgan fingerprint density at radius 3 is 2.49 bits per heavy atom. The summed E-state index contributed by atoms with van der Waals surface area (Å²) < 4.78 is 21.0. The topological polar surface area (TPSA) is 77.9 Å². The zero-order chi connectivity index (χ0) is 28.6. The van der Waals surface area contributed by atoms with Crippen LogP contribution in [0.2, 0.25) is 0 Å². The third-order valence-electron chi connectivity index (χ3n) is 8.69. The van der Waals surface area contributed by atoms with Crippen LogP contribution in [-0.2, 0) is 11.3 Å². The summed E-state index contributed by atoms with van der Waals surface area (Å²) in [7, 11) is 0. The smallest absolute Gasteiger partial charge is 0.252 e. The van der Waals surface area contributed by atoms with Gasteiger partial charge in [0, 0.05) is 61.8 Å². The maximum Gasteiger partial charge on any atom is 0.252 e. The van der Waals surface area contributed by atoms with E-state index < -0.39 is 5.82 Å². The Bertz CT molecular complexity index is 1290. The van der Waals surface area contributed by atoms with Gasteiger partial charge in [-0.15, -0.1) is 0 Å². The number of nitrogens with zero attached hydrogens (tertiary/aromatic N) is 3. The van der Waals surface area contributed by atoms with E-state index in [0.29, 0.717) is 42.1 Å². The van der Waals surface area contributed by atoms with E-state index in [0.717, 1.165) is 62.4 Å². The molecule has 2 N–H and O–H groups in total. The van der Waals surface area contributed by atoms with E-state index in [4.69, 9.17) is 14.8 Å². The van der Waals surface area contributed by atoms with Crippen molar-refractivity contribution in [3.05, 3.63) is 65.5 Å². The SMILES string of the molecule is C[C@H](NC(=O)c1c(CN2CCN(CCOCCO)CC2)c(-c2ccccc2)nc2cccc(F)c12)C1CCCCC1. The first kappa shape index (κ1) is 29.6. The van der Waals surface area contributed by atoms with E-state index >= 15 is 4.39 Å². The van der Waals surface area contributed by atoms with Crippen LogP contribution in [0.1, 0.15) is 54.9 Å². The molecule has 2 aliphatic rings. The number of hydrogen-bond acceptors (Lipinski definition) is 6. The Kier molecular flexibility index (Phi) is 10.3. The summed E-state index contributed by atoms with van der Waals surface area (Å²) >= 11 is 0. The number of fused-ring (bicyclic) bond motifs is 1. The van der Waals surface area contributed by atoms with Gasteiger partial charge in [-0.3, -0.25) is 14.6 Å². The molecule has 0 unspecified atom stereocenters. The van der Waals surface area contributed by atoms with Gasteiger partial charge in [-0.1, -0.05) is 55.7 Å². The van der Waals surface area contributed by atoms with Crippen molar-refractivity contribution < 1.29 is 19.0 Å². The molecule has 8 heteroatoms. The van der Waals surface area contributed by atoms with Gasteiger partial charge in [0.1, 0.15) is 5.82 Å². The van der Waals surface area contributed by atoms with Crippen molar-refractivity contribution in [2.75, 3.05) is 52.5 Å². The quantitative estimate of drug-likeness (QED) is 0.325. The Balaban J connectivity index is 1.48. The maximum absolute atomic E-state index is 15.5. The van der Waals surface area contributed by atoms with E-state index in [1.54, 1.807) is 12.1 Å². The molecule has 0 radical (unpaired) electrons. The number of hydrogen-bond donors (Lipinski definition) is 2. The van der Waals surface area contributed by atoms with Gasteiger partial charge >= 0.3 is 0 Å². The number of pyridine rings is 1. The fourth-order valence-corrected chi connectivity index (χ4v) is 6.34. The number of benzene rings is 2. The van der Waals surface area contributed by atoms with Crippen molar-refractivity contribution in [2.24, 2.45) is 5.92 Å². The Morgan fingerprint density at radius 2 is 1.76 bits per heavy atom. The van der Waals surface area contributed by atoms with Crippen LogP contribution in [0.25, 0.3) is 22.2 Å². The third-order valence-corrected chi connectivity index (χ3v) is 8.69. The zero-order valence-corrected chi connectivity index (χ0v) is 24.2. The molecule has 1 aliphatic heterocycles. The highest BCUT2D eigenvalue weighted by Gasteiger charge is 2.29. The summed E-state index contributed by atoms with van der Waals surface area (Å²) in [5.74, 6) is -0.191. The van der Waals surface area contributed by atoms with Crippen LogP contribution >= 0.6 is 0 Å². The van der Waals surface area contributed by atoms with Crippen LogP contribution in [0.3, 0.4) is 0 Å². The molecule has 2 fully saturated rings. The molecule has 2 aromatic carbocycles. The fourth-order valence-electron chi connectivity index (χ4n) is 6.34. The van der Waals surface area contributed by atoms with Crippen LogP contribution in [0.15, 0.2) is 48.5 Å². The molecule has 1 atom stereocenters.